The third-order valence-electron chi connectivity index (χ3n) is 2.09. The minimum Gasteiger partial charge on any atom is -0.294 e. The van der Waals surface area contributed by atoms with E-state index >= 15 is 0 Å². The van der Waals surface area contributed by atoms with E-state index in [1.165, 1.54) is 0 Å². The SMILES string of the molecule is N#Cc1ccc2c(c1)CC(=O)C=C2. The molecule has 1 aromatic rings. The van der Waals surface area contributed by atoms with Crippen molar-refractivity contribution in [2.75, 3.05) is 0 Å². The lowest BCUT2D eigenvalue weighted by atomic mass is 9.95. The second kappa shape index (κ2) is 2.87. The Morgan fingerprint density at radius 1 is 1.31 bits per heavy atom. The average molecular weight is 169 g/mol. The first-order valence-corrected chi connectivity index (χ1v) is 4.03. The van der Waals surface area contributed by atoms with Crippen molar-refractivity contribution in [2.45, 2.75) is 6.42 Å². The normalized spacial score (nSPS) is 13.6. The minimum absolute atomic E-state index is 0.0996. The Morgan fingerprint density at radius 3 is 2.92 bits per heavy atom. The van der Waals surface area contributed by atoms with Gasteiger partial charge in [-0.05, 0) is 29.3 Å². The molecule has 0 fully saturated rings. The van der Waals surface area contributed by atoms with E-state index in [4.69, 9.17) is 5.26 Å². The topological polar surface area (TPSA) is 40.9 Å². The number of benzene rings is 1. The number of nitriles is 1. The molecule has 1 aromatic carbocycles. The van der Waals surface area contributed by atoms with Gasteiger partial charge in [-0.2, -0.15) is 5.26 Å². The first kappa shape index (κ1) is 7.75. The van der Waals surface area contributed by atoms with Crippen molar-refractivity contribution < 1.29 is 4.79 Å². The maximum absolute atomic E-state index is 11.1. The van der Waals surface area contributed by atoms with E-state index < -0.39 is 0 Å². The molecule has 0 aliphatic heterocycles. The number of hydrogen-bond acceptors (Lipinski definition) is 2. The van der Waals surface area contributed by atoms with E-state index in [1.54, 1.807) is 24.3 Å². The number of carbonyl (C=O) groups is 1. The summed E-state index contributed by atoms with van der Waals surface area (Å²) in [6, 6.07) is 7.47. The minimum atomic E-state index is 0.0996. The molecule has 1 aliphatic rings. The molecule has 2 nitrogen and oxygen atoms in total. The molecule has 13 heavy (non-hydrogen) atoms. The van der Waals surface area contributed by atoms with Crippen LogP contribution in [0.2, 0.25) is 0 Å². The van der Waals surface area contributed by atoms with Gasteiger partial charge in [-0.3, -0.25) is 4.79 Å². The molecule has 0 saturated carbocycles. The van der Waals surface area contributed by atoms with Gasteiger partial charge in [0.15, 0.2) is 5.78 Å². The quantitative estimate of drug-likeness (QED) is 0.593. The summed E-state index contributed by atoms with van der Waals surface area (Å²) in [5, 5.41) is 8.65. The molecule has 62 valence electrons. The van der Waals surface area contributed by atoms with Crippen LogP contribution in [0.3, 0.4) is 0 Å². The van der Waals surface area contributed by atoms with Crippen LogP contribution in [0.5, 0.6) is 0 Å². The van der Waals surface area contributed by atoms with Crippen molar-refractivity contribution in [3.05, 3.63) is 41.0 Å². The van der Waals surface area contributed by atoms with Crippen LogP contribution in [-0.2, 0) is 11.2 Å². The Morgan fingerprint density at radius 2 is 2.15 bits per heavy atom. The van der Waals surface area contributed by atoms with Crippen LogP contribution in [0.1, 0.15) is 16.7 Å². The van der Waals surface area contributed by atoms with Crippen LogP contribution in [0.25, 0.3) is 6.08 Å². The van der Waals surface area contributed by atoms with E-state index in [0.29, 0.717) is 12.0 Å². The zero-order valence-corrected chi connectivity index (χ0v) is 6.95. The Kier molecular flexibility index (Phi) is 1.71. The van der Waals surface area contributed by atoms with Gasteiger partial charge in [0.25, 0.3) is 0 Å². The van der Waals surface area contributed by atoms with Crippen LogP contribution >= 0.6 is 0 Å². The molecule has 0 aromatic heterocycles. The molecule has 2 rings (SSSR count). The molecular formula is C11H7NO. The lowest BCUT2D eigenvalue weighted by molar-refractivity contribution is -0.114. The molecule has 0 amide bonds. The van der Waals surface area contributed by atoms with Crippen molar-refractivity contribution in [1.29, 1.82) is 5.26 Å². The monoisotopic (exact) mass is 169 g/mol. The fraction of sp³-hybridized carbons (Fsp3) is 0.0909. The Bertz CT molecular complexity index is 438. The highest BCUT2D eigenvalue weighted by Gasteiger charge is 2.10. The van der Waals surface area contributed by atoms with Crippen LogP contribution < -0.4 is 0 Å². The summed E-state index contributed by atoms with van der Waals surface area (Å²) in [6.45, 7) is 0. The summed E-state index contributed by atoms with van der Waals surface area (Å²) in [4.78, 5) is 11.1. The lowest BCUT2D eigenvalue weighted by Crippen LogP contribution is -2.05. The second-order valence-corrected chi connectivity index (χ2v) is 3.00. The zero-order valence-electron chi connectivity index (χ0n) is 6.95. The first-order valence-electron chi connectivity index (χ1n) is 4.03. The molecule has 0 heterocycles. The average Bonchev–Trinajstić information content (AvgIpc) is 2.16. The third-order valence-corrected chi connectivity index (χ3v) is 2.09. The standard InChI is InChI=1S/C11H7NO/c12-7-8-1-2-9-3-4-11(13)6-10(9)5-8/h1-5H,6H2. The van der Waals surface area contributed by atoms with Crippen LogP contribution in [0, 0.1) is 11.3 Å². The molecule has 1 aliphatic carbocycles. The number of carbonyl (C=O) groups excluding carboxylic acids is 1. The highest BCUT2D eigenvalue weighted by Crippen LogP contribution is 2.18. The van der Waals surface area contributed by atoms with Gasteiger partial charge in [-0.1, -0.05) is 12.1 Å². The third kappa shape index (κ3) is 1.36. The van der Waals surface area contributed by atoms with E-state index in [9.17, 15) is 4.79 Å². The number of nitrogens with zero attached hydrogens (tertiary/aromatic N) is 1. The summed E-state index contributed by atoms with van der Waals surface area (Å²) in [6.07, 6.45) is 3.79. The van der Waals surface area contributed by atoms with E-state index in [1.807, 2.05) is 6.07 Å². The van der Waals surface area contributed by atoms with Gasteiger partial charge in [0.2, 0.25) is 0 Å². The maximum atomic E-state index is 11.1. The Balaban J connectivity index is 2.54. The number of ketones is 1. The van der Waals surface area contributed by atoms with Crippen LogP contribution in [0.4, 0.5) is 0 Å². The highest BCUT2D eigenvalue weighted by molar-refractivity contribution is 5.98. The highest BCUT2D eigenvalue weighted by atomic mass is 16.1. The Labute approximate surface area is 76.1 Å². The predicted molar refractivity (Wildman–Crippen MR) is 48.9 cm³/mol. The Hall–Kier alpha value is -1.88. The van der Waals surface area contributed by atoms with Crippen LogP contribution in [0.15, 0.2) is 24.3 Å². The van der Waals surface area contributed by atoms with Crippen molar-refractivity contribution in [2.24, 2.45) is 0 Å². The fourth-order valence-electron chi connectivity index (χ4n) is 1.42. The molecule has 0 bridgehead atoms. The molecule has 0 saturated heterocycles. The van der Waals surface area contributed by atoms with Crippen molar-refractivity contribution in [3.63, 3.8) is 0 Å². The molecule has 0 N–H and O–H groups in total. The number of fused-ring (bicyclic) bond motifs is 1. The van der Waals surface area contributed by atoms with Crippen molar-refractivity contribution in [3.8, 4) is 6.07 Å². The molecule has 0 spiro atoms. The summed E-state index contributed by atoms with van der Waals surface area (Å²) in [5.41, 5.74) is 2.60. The van der Waals surface area contributed by atoms with Gasteiger partial charge < -0.3 is 0 Å². The van der Waals surface area contributed by atoms with Crippen LogP contribution in [-0.4, -0.2) is 5.78 Å². The summed E-state index contributed by atoms with van der Waals surface area (Å²) in [7, 11) is 0. The van der Waals surface area contributed by atoms with Gasteiger partial charge in [0.1, 0.15) is 0 Å². The fourth-order valence-corrected chi connectivity index (χ4v) is 1.42. The largest absolute Gasteiger partial charge is 0.294 e. The number of allylic oxidation sites excluding steroid dienone is 1. The smallest absolute Gasteiger partial charge is 0.160 e. The summed E-state index contributed by atoms with van der Waals surface area (Å²) >= 11 is 0. The maximum Gasteiger partial charge on any atom is 0.160 e. The van der Waals surface area contributed by atoms with Gasteiger partial charge in [-0.15, -0.1) is 0 Å². The molecule has 2 heteroatoms. The second-order valence-electron chi connectivity index (χ2n) is 3.00. The van der Waals surface area contributed by atoms with Gasteiger partial charge in [0.05, 0.1) is 11.6 Å². The van der Waals surface area contributed by atoms with Crippen molar-refractivity contribution in [1.82, 2.24) is 0 Å². The van der Waals surface area contributed by atoms with Gasteiger partial charge in [0, 0.05) is 6.42 Å². The predicted octanol–water partition coefficient (Wildman–Crippen LogP) is 1.70. The number of hydrogen-bond donors (Lipinski definition) is 0. The van der Waals surface area contributed by atoms with E-state index in [2.05, 4.69) is 6.07 Å². The summed E-state index contributed by atoms with van der Waals surface area (Å²) < 4.78 is 0. The van der Waals surface area contributed by atoms with Gasteiger partial charge >= 0.3 is 0 Å². The van der Waals surface area contributed by atoms with Gasteiger partial charge in [-0.25, -0.2) is 0 Å². The lowest BCUT2D eigenvalue weighted by Gasteiger charge is -2.08. The van der Waals surface area contributed by atoms with E-state index in [0.717, 1.165) is 11.1 Å². The molecule has 0 radical (unpaired) electrons. The molecule has 0 atom stereocenters. The van der Waals surface area contributed by atoms with Crippen molar-refractivity contribution >= 4 is 11.9 Å². The first-order chi connectivity index (χ1) is 6.29. The molecule has 0 unspecified atom stereocenters. The summed E-state index contributed by atoms with van der Waals surface area (Å²) in [5.74, 6) is 0.0996. The van der Waals surface area contributed by atoms with E-state index in [-0.39, 0.29) is 5.78 Å². The zero-order chi connectivity index (χ0) is 9.26. The molecular weight excluding hydrogens is 162 g/mol. The number of rotatable bonds is 0.